The van der Waals surface area contributed by atoms with Crippen LogP contribution in [-0.4, -0.2) is 18.0 Å². The van der Waals surface area contributed by atoms with E-state index >= 15 is 0 Å². The zero-order valence-electron chi connectivity index (χ0n) is 11.3. The van der Waals surface area contributed by atoms with E-state index < -0.39 is 0 Å². The molecular weight excluding hydrogens is 243 g/mol. The molecule has 2 N–H and O–H groups in total. The number of carbonyl (C=O) groups excluding carboxylic acids is 1. The van der Waals surface area contributed by atoms with Gasteiger partial charge in [-0.15, -0.1) is 0 Å². The van der Waals surface area contributed by atoms with Gasteiger partial charge >= 0.3 is 0 Å². The van der Waals surface area contributed by atoms with E-state index in [4.69, 9.17) is 0 Å². The van der Waals surface area contributed by atoms with Gasteiger partial charge < -0.3 is 10.6 Å². The SMILES string of the molecule is CC1(NCC(=O)Nc2ccc(F)cc2)CCCCC1. The van der Waals surface area contributed by atoms with Gasteiger partial charge in [0.25, 0.3) is 0 Å². The molecule has 1 amide bonds. The van der Waals surface area contributed by atoms with Crippen LogP contribution in [0, 0.1) is 5.82 Å². The first kappa shape index (κ1) is 14.0. The van der Waals surface area contributed by atoms with E-state index in [1.807, 2.05) is 0 Å². The van der Waals surface area contributed by atoms with Crippen molar-refractivity contribution in [1.82, 2.24) is 5.32 Å². The van der Waals surface area contributed by atoms with Crippen LogP contribution in [-0.2, 0) is 4.79 Å². The predicted octanol–water partition coefficient (Wildman–Crippen LogP) is 3.08. The fourth-order valence-corrected chi connectivity index (χ4v) is 2.54. The Morgan fingerprint density at radius 2 is 1.84 bits per heavy atom. The number of halogens is 1. The lowest BCUT2D eigenvalue weighted by Gasteiger charge is -2.34. The van der Waals surface area contributed by atoms with Crippen molar-refractivity contribution in [2.45, 2.75) is 44.6 Å². The molecule has 0 bridgehead atoms. The highest BCUT2D eigenvalue weighted by Gasteiger charge is 2.26. The maximum Gasteiger partial charge on any atom is 0.238 e. The zero-order valence-corrected chi connectivity index (χ0v) is 11.3. The van der Waals surface area contributed by atoms with Crippen LogP contribution < -0.4 is 10.6 Å². The van der Waals surface area contributed by atoms with Gasteiger partial charge in [0.2, 0.25) is 5.91 Å². The van der Waals surface area contributed by atoms with Crippen molar-refractivity contribution < 1.29 is 9.18 Å². The summed E-state index contributed by atoms with van der Waals surface area (Å²) < 4.78 is 12.7. The number of amides is 1. The van der Waals surface area contributed by atoms with Crippen LogP contribution >= 0.6 is 0 Å². The number of hydrogen-bond acceptors (Lipinski definition) is 2. The molecule has 0 aromatic heterocycles. The van der Waals surface area contributed by atoms with Gasteiger partial charge in [0, 0.05) is 11.2 Å². The van der Waals surface area contributed by atoms with E-state index in [1.165, 1.54) is 31.4 Å². The van der Waals surface area contributed by atoms with Crippen LogP contribution in [0.4, 0.5) is 10.1 Å². The Kier molecular flexibility index (Phi) is 4.53. The molecule has 2 rings (SSSR count). The molecule has 0 radical (unpaired) electrons. The minimum Gasteiger partial charge on any atom is -0.325 e. The Morgan fingerprint density at radius 3 is 2.47 bits per heavy atom. The van der Waals surface area contributed by atoms with Crippen LogP contribution in [0.3, 0.4) is 0 Å². The van der Waals surface area contributed by atoms with Crippen molar-refractivity contribution in [3.05, 3.63) is 30.1 Å². The molecule has 0 unspecified atom stereocenters. The first-order valence-electron chi connectivity index (χ1n) is 6.88. The van der Waals surface area contributed by atoms with Gasteiger partial charge in [-0.3, -0.25) is 4.79 Å². The Labute approximate surface area is 113 Å². The minimum atomic E-state index is -0.300. The van der Waals surface area contributed by atoms with Gasteiger partial charge in [-0.2, -0.15) is 0 Å². The number of nitrogens with one attached hydrogen (secondary N) is 2. The molecular formula is C15H21FN2O. The van der Waals surface area contributed by atoms with Gasteiger partial charge in [0.15, 0.2) is 0 Å². The summed E-state index contributed by atoms with van der Waals surface area (Å²) in [5.74, 6) is -0.385. The summed E-state index contributed by atoms with van der Waals surface area (Å²) in [5, 5.41) is 6.10. The minimum absolute atomic E-state index is 0.0817. The Balaban J connectivity index is 1.79. The Bertz CT molecular complexity index is 424. The first-order chi connectivity index (χ1) is 9.07. The van der Waals surface area contributed by atoms with Crippen molar-refractivity contribution in [2.75, 3.05) is 11.9 Å². The molecule has 0 spiro atoms. The number of rotatable bonds is 4. The molecule has 19 heavy (non-hydrogen) atoms. The molecule has 1 aliphatic carbocycles. The van der Waals surface area contributed by atoms with Crippen LogP contribution in [0.1, 0.15) is 39.0 Å². The summed E-state index contributed by atoms with van der Waals surface area (Å²) in [4.78, 5) is 11.8. The lowest BCUT2D eigenvalue weighted by atomic mass is 9.83. The van der Waals surface area contributed by atoms with Crippen molar-refractivity contribution >= 4 is 11.6 Å². The molecule has 0 heterocycles. The van der Waals surface area contributed by atoms with Gasteiger partial charge in [0.05, 0.1) is 6.54 Å². The smallest absolute Gasteiger partial charge is 0.238 e. The van der Waals surface area contributed by atoms with E-state index in [-0.39, 0.29) is 17.3 Å². The van der Waals surface area contributed by atoms with Crippen LogP contribution in [0.2, 0.25) is 0 Å². The van der Waals surface area contributed by atoms with Crippen molar-refractivity contribution in [3.63, 3.8) is 0 Å². The lowest BCUT2D eigenvalue weighted by Crippen LogP contribution is -2.47. The monoisotopic (exact) mass is 264 g/mol. The lowest BCUT2D eigenvalue weighted by molar-refractivity contribution is -0.115. The highest BCUT2D eigenvalue weighted by atomic mass is 19.1. The summed E-state index contributed by atoms with van der Waals surface area (Å²) in [6.07, 6.45) is 5.98. The Hall–Kier alpha value is -1.42. The Morgan fingerprint density at radius 1 is 1.21 bits per heavy atom. The molecule has 1 saturated carbocycles. The summed E-state index contributed by atoms with van der Waals surface area (Å²) in [7, 11) is 0. The largest absolute Gasteiger partial charge is 0.325 e. The van der Waals surface area contributed by atoms with E-state index in [9.17, 15) is 9.18 Å². The molecule has 104 valence electrons. The van der Waals surface area contributed by atoms with Gasteiger partial charge in [-0.1, -0.05) is 19.3 Å². The third kappa shape index (κ3) is 4.31. The van der Waals surface area contributed by atoms with E-state index in [1.54, 1.807) is 12.1 Å². The van der Waals surface area contributed by atoms with Crippen LogP contribution in [0.25, 0.3) is 0 Å². The third-order valence-corrected chi connectivity index (χ3v) is 3.76. The van der Waals surface area contributed by atoms with Crippen molar-refractivity contribution in [1.29, 1.82) is 0 Å². The van der Waals surface area contributed by atoms with Crippen LogP contribution in [0.15, 0.2) is 24.3 Å². The fourth-order valence-electron chi connectivity index (χ4n) is 2.54. The fraction of sp³-hybridized carbons (Fsp3) is 0.533. The van der Waals surface area contributed by atoms with Crippen molar-refractivity contribution in [2.24, 2.45) is 0 Å². The summed E-state index contributed by atoms with van der Waals surface area (Å²) in [6, 6.07) is 5.81. The highest BCUT2D eigenvalue weighted by molar-refractivity contribution is 5.92. The number of anilines is 1. The van der Waals surface area contributed by atoms with E-state index in [2.05, 4.69) is 17.6 Å². The summed E-state index contributed by atoms with van der Waals surface area (Å²) >= 11 is 0. The van der Waals surface area contributed by atoms with Crippen LogP contribution in [0.5, 0.6) is 0 Å². The summed E-state index contributed by atoms with van der Waals surface area (Å²) in [6.45, 7) is 2.48. The first-order valence-corrected chi connectivity index (χ1v) is 6.88. The second kappa shape index (κ2) is 6.15. The number of carbonyl (C=O) groups is 1. The van der Waals surface area contributed by atoms with E-state index in [0.717, 1.165) is 12.8 Å². The number of benzene rings is 1. The quantitative estimate of drug-likeness (QED) is 0.877. The predicted molar refractivity (Wildman–Crippen MR) is 74.5 cm³/mol. The maximum absolute atomic E-state index is 12.7. The second-order valence-corrected chi connectivity index (χ2v) is 5.53. The molecule has 0 aliphatic heterocycles. The van der Waals surface area contributed by atoms with E-state index in [0.29, 0.717) is 12.2 Å². The normalized spacial score (nSPS) is 18.0. The molecule has 1 fully saturated rings. The van der Waals surface area contributed by atoms with Gasteiger partial charge in [0.1, 0.15) is 5.82 Å². The van der Waals surface area contributed by atoms with Gasteiger partial charge in [-0.05, 0) is 44.0 Å². The standard InChI is InChI=1S/C15H21FN2O/c1-15(9-3-2-4-10-15)17-11-14(19)18-13-7-5-12(16)6-8-13/h5-8,17H,2-4,9-11H2,1H3,(H,18,19). The maximum atomic E-state index is 12.7. The zero-order chi connectivity index (χ0) is 13.7. The van der Waals surface area contributed by atoms with Crippen molar-refractivity contribution in [3.8, 4) is 0 Å². The molecule has 3 nitrogen and oxygen atoms in total. The molecule has 1 aromatic carbocycles. The second-order valence-electron chi connectivity index (χ2n) is 5.53. The number of hydrogen-bond donors (Lipinski definition) is 2. The molecule has 4 heteroatoms. The molecule has 0 atom stereocenters. The highest BCUT2D eigenvalue weighted by Crippen LogP contribution is 2.27. The molecule has 0 saturated heterocycles. The summed E-state index contributed by atoms with van der Waals surface area (Å²) in [5.41, 5.74) is 0.709. The average molecular weight is 264 g/mol. The topological polar surface area (TPSA) is 41.1 Å². The third-order valence-electron chi connectivity index (χ3n) is 3.76. The molecule has 1 aromatic rings. The van der Waals surface area contributed by atoms with Gasteiger partial charge in [-0.25, -0.2) is 4.39 Å². The molecule has 1 aliphatic rings. The average Bonchev–Trinajstić information content (AvgIpc) is 2.40.